The van der Waals surface area contributed by atoms with Crippen LogP contribution in [0.4, 0.5) is 10.3 Å². The highest BCUT2D eigenvalue weighted by atomic mass is 19.1. The lowest BCUT2D eigenvalue weighted by atomic mass is 10.1. The van der Waals surface area contributed by atoms with E-state index in [4.69, 9.17) is 0 Å². The Balaban J connectivity index is 1.77. The predicted octanol–water partition coefficient (Wildman–Crippen LogP) is 2.78. The van der Waals surface area contributed by atoms with E-state index in [0.717, 1.165) is 5.56 Å². The van der Waals surface area contributed by atoms with E-state index in [9.17, 15) is 14.3 Å². The summed E-state index contributed by atoms with van der Waals surface area (Å²) in [5, 5.41) is 10.7. The summed E-state index contributed by atoms with van der Waals surface area (Å²) >= 11 is 0. The van der Waals surface area contributed by atoms with Gasteiger partial charge in [-0.05, 0) is 31.0 Å². The van der Waals surface area contributed by atoms with Gasteiger partial charge in [-0.2, -0.15) is 4.39 Å². The Bertz CT molecular complexity index is 1020. The molecule has 0 aliphatic carbocycles. The van der Waals surface area contributed by atoms with Gasteiger partial charge >= 0.3 is 0 Å². The molecule has 1 aromatic carbocycles. The second-order valence-corrected chi connectivity index (χ2v) is 6.98. The van der Waals surface area contributed by atoms with Crippen LogP contribution in [-0.2, 0) is 6.54 Å². The van der Waals surface area contributed by atoms with Crippen molar-refractivity contribution in [3.8, 4) is 11.3 Å². The second-order valence-electron chi connectivity index (χ2n) is 6.98. The number of aliphatic hydroxyl groups excluding tert-OH is 1. The van der Waals surface area contributed by atoms with Gasteiger partial charge in [0.25, 0.3) is 5.56 Å². The Morgan fingerprint density at radius 2 is 1.93 bits per heavy atom. The smallest absolute Gasteiger partial charge is 0.291 e. The summed E-state index contributed by atoms with van der Waals surface area (Å²) in [6.07, 6.45) is 2.99. The Morgan fingerprint density at radius 3 is 2.64 bits per heavy atom. The third-order valence-electron chi connectivity index (χ3n) is 5.16. The van der Waals surface area contributed by atoms with Gasteiger partial charge in [-0.15, -0.1) is 0 Å². The van der Waals surface area contributed by atoms with Crippen LogP contribution in [0.3, 0.4) is 0 Å². The largest absolute Gasteiger partial charge is 0.387 e. The summed E-state index contributed by atoms with van der Waals surface area (Å²) in [7, 11) is 0. The van der Waals surface area contributed by atoms with Crippen molar-refractivity contribution in [1.29, 1.82) is 0 Å². The van der Waals surface area contributed by atoms with Gasteiger partial charge in [0.2, 0.25) is 11.8 Å². The third kappa shape index (κ3) is 3.29. The van der Waals surface area contributed by atoms with Crippen molar-refractivity contribution in [1.82, 2.24) is 14.5 Å². The van der Waals surface area contributed by atoms with Crippen LogP contribution in [0.2, 0.25) is 0 Å². The summed E-state index contributed by atoms with van der Waals surface area (Å²) in [5.74, 6) is -0.486. The van der Waals surface area contributed by atoms with Crippen molar-refractivity contribution < 1.29 is 9.50 Å². The number of benzene rings is 1. The zero-order valence-corrected chi connectivity index (χ0v) is 15.5. The minimum absolute atomic E-state index is 0.00644. The molecule has 0 saturated carbocycles. The van der Waals surface area contributed by atoms with Crippen LogP contribution in [-0.4, -0.2) is 32.2 Å². The number of fused-ring (bicyclic) bond motifs is 1. The first-order chi connectivity index (χ1) is 13.6. The highest BCUT2D eigenvalue weighted by molar-refractivity contribution is 5.60. The Morgan fingerprint density at radius 1 is 1.21 bits per heavy atom. The lowest BCUT2D eigenvalue weighted by molar-refractivity contribution is 0.177. The lowest BCUT2D eigenvalue weighted by Crippen LogP contribution is -2.46. The maximum Gasteiger partial charge on any atom is 0.291 e. The molecule has 3 heterocycles. The summed E-state index contributed by atoms with van der Waals surface area (Å²) in [4.78, 5) is 23.0. The first kappa shape index (κ1) is 18.3. The highest BCUT2D eigenvalue weighted by Gasteiger charge is 2.30. The van der Waals surface area contributed by atoms with E-state index < -0.39 is 17.5 Å². The van der Waals surface area contributed by atoms with Crippen LogP contribution in [0, 0.1) is 5.82 Å². The van der Waals surface area contributed by atoms with Crippen LogP contribution in [0.15, 0.2) is 59.7 Å². The number of rotatable bonds is 4. The molecule has 0 amide bonds. The van der Waals surface area contributed by atoms with Gasteiger partial charge in [-0.3, -0.25) is 14.3 Å². The first-order valence-electron chi connectivity index (χ1n) is 9.26. The molecule has 0 radical (unpaired) electrons. The van der Waals surface area contributed by atoms with E-state index in [2.05, 4.69) is 9.97 Å². The number of aliphatic hydroxyl groups is 1. The van der Waals surface area contributed by atoms with Gasteiger partial charge < -0.3 is 10.0 Å². The molecule has 4 rings (SSSR count). The molecular formula is C21H21FN4O2. The number of aromatic nitrogens is 3. The Hall–Kier alpha value is -3.06. The normalized spacial score (nSPS) is 17.2. The lowest BCUT2D eigenvalue weighted by Gasteiger charge is -2.37. The van der Waals surface area contributed by atoms with Crippen molar-refractivity contribution in [2.45, 2.75) is 32.0 Å². The van der Waals surface area contributed by atoms with Gasteiger partial charge in [-0.25, -0.2) is 4.98 Å². The average Bonchev–Trinajstić information content (AvgIpc) is 2.73. The number of β-amino-alcohol motifs (C(OH)–C–C–N with tert-alkyl or cyclic N) is 1. The minimum Gasteiger partial charge on any atom is -0.387 e. The molecule has 1 unspecified atom stereocenters. The number of nitrogens with zero attached hydrogens (tertiary/aromatic N) is 4. The fourth-order valence-corrected chi connectivity index (χ4v) is 3.54. The molecule has 3 aromatic rings. The molecule has 0 fully saturated rings. The van der Waals surface area contributed by atoms with Crippen LogP contribution in [0.1, 0.15) is 25.0 Å². The predicted molar refractivity (Wildman–Crippen MR) is 105 cm³/mol. The molecule has 1 N–H and O–H groups in total. The molecule has 0 spiro atoms. The van der Waals surface area contributed by atoms with E-state index in [-0.39, 0.29) is 18.3 Å². The number of halogens is 1. The molecule has 144 valence electrons. The summed E-state index contributed by atoms with van der Waals surface area (Å²) in [5.41, 5.74) is 0.593. The topological polar surface area (TPSA) is 71.2 Å². The first-order valence-corrected chi connectivity index (χ1v) is 9.26. The number of pyridine rings is 1. The van der Waals surface area contributed by atoms with E-state index in [0.29, 0.717) is 24.5 Å². The molecule has 1 aliphatic heterocycles. The van der Waals surface area contributed by atoms with Crippen LogP contribution in [0.5, 0.6) is 0 Å². The third-order valence-corrected chi connectivity index (χ3v) is 5.16. The van der Waals surface area contributed by atoms with Gasteiger partial charge in [-0.1, -0.05) is 30.3 Å². The van der Waals surface area contributed by atoms with Gasteiger partial charge in [0.15, 0.2) is 0 Å². The molecule has 0 saturated heterocycles. The molecular weight excluding hydrogens is 359 g/mol. The molecule has 2 aromatic heterocycles. The second kappa shape index (κ2) is 7.52. The maximum absolute atomic E-state index is 14.7. The van der Waals surface area contributed by atoms with Crippen LogP contribution >= 0.6 is 0 Å². The Labute approximate surface area is 161 Å². The monoisotopic (exact) mass is 380 g/mol. The van der Waals surface area contributed by atoms with Crippen LogP contribution < -0.4 is 10.5 Å². The fraction of sp³-hybridized carbons (Fsp3) is 0.286. The highest BCUT2D eigenvalue weighted by Crippen LogP contribution is 2.28. The summed E-state index contributed by atoms with van der Waals surface area (Å²) in [6.45, 7) is 2.68. The fourth-order valence-electron chi connectivity index (χ4n) is 3.54. The molecule has 6 nitrogen and oxygen atoms in total. The van der Waals surface area contributed by atoms with Crippen molar-refractivity contribution in [2.75, 3.05) is 11.4 Å². The van der Waals surface area contributed by atoms with Crippen molar-refractivity contribution in [3.05, 3.63) is 76.6 Å². The number of hydrogen-bond donors (Lipinski definition) is 1. The van der Waals surface area contributed by atoms with Gasteiger partial charge in [0.05, 0.1) is 12.6 Å². The zero-order valence-electron chi connectivity index (χ0n) is 15.5. The maximum atomic E-state index is 14.7. The Kier molecular flexibility index (Phi) is 4.92. The van der Waals surface area contributed by atoms with E-state index in [1.165, 1.54) is 17.0 Å². The molecule has 2 atom stereocenters. The van der Waals surface area contributed by atoms with Gasteiger partial charge in [0, 0.05) is 30.5 Å². The molecule has 0 bridgehead atoms. The number of anilines is 1. The van der Waals surface area contributed by atoms with E-state index in [1.54, 1.807) is 12.1 Å². The summed E-state index contributed by atoms with van der Waals surface area (Å²) in [6, 6.07) is 12.6. The van der Waals surface area contributed by atoms with Crippen molar-refractivity contribution >= 4 is 5.95 Å². The summed E-state index contributed by atoms with van der Waals surface area (Å²) < 4.78 is 16.1. The van der Waals surface area contributed by atoms with E-state index >= 15 is 0 Å². The average molecular weight is 380 g/mol. The zero-order chi connectivity index (χ0) is 19.7. The van der Waals surface area contributed by atoms with Crippen molar-refractivity contribution in [2.24, 2.45) is 0 Å². The molecule has 28 heavy (non-hydrogen) atoms. The minimum atomic E-state index is -0.868. The van der Waals surface area contributed by atoms with E-state index in [1.807, 2.05) is 42.2 Å². The quantitative estimate of drug-likeness (QED) is 0.754. The number of hydrogen-bond acceptors (Lipinski definition) is 5. The van der Waals surface area contributed by atoms with Gasteiger partial charge in [0.1, 0.15) is 5.69 Å². The standard InChI is InChI=1S/C21H21FN4O2/c1-14-9-12-25-20(28)18(22)19(16-7-10-23-11-8-16)24-21(25)26(14)13-17(27)15-5-3-2-4-6-15/h2-8,10-11,14,17,27H,9,12-13H2,1H3/t14?,17-/m1/s1. The SMILES string of the molecule is CC1CCn2c(nc(-c3ccncc3)c(F)c2=O)N1C[C@@H](O)c1ccccc1. The molecule has 1 aliphatic rings. The van der Waals surface area contributed by atoms with Crippen LogP contribution in [0.25, 0.3) is 11.3 Å². The molecule has 7 heteroatoms. The van der Waals surface area contributed by atoms with Crippen molar-refractivity contribution in [3.63, 3.8) is 0 Å².